The summed E-state index contributed by atoms with van der Waals surface area (Å²) in [5.41, 5.74) is 0.155. The van der Waals surface area contributed by atoms with Gasteiger partial charge in [-0.15, -0.1) is 0 Å². The minimum Gasteiger partial charge on any atom is -0.482 e. The van der Waals surface area contributed by atoms with Crippen LogP contribution in [-0.2, 0) is 0 Å². The fourth-order valence-corrected chi connectivity index (χ4v) is 0.691. The largest absolute Gasteiger partial charge is 0.482 e. The number of nitrogens with one attached hydrogen (secondary N) is 1. The summed E-state index contributed by atoms with van der Waals surface area (Å²) in [5.74, 6) is -0.703. The molecule has 1 aromatic rings. The highest BCUT2D eigenvalue weighted by molar-refractivity contribution is 5.90. The third-order valence-corrected chi connectivity index (χ3v) is 1.14. The van der Waals surface area contributed by atoms with Gasteiger partial charge in [0.2, 0.25) is 5.88 Å². The molecule has 0 atom stereocenters. The first-order valence-electron chi connectivity index (χ1n) is 2.70. The Morgan fingerprint density at radius 1 is 1.80 bits per heavy atom. The molecule has 0 aromatic carbocycles. The zero-order valence-electron chi connectivity index (χ0n) is 5.42. The molecular formula is C6H7NO3. The van der Waals surface area contributed by atoms with Gasteiger partial charge >= 0.3 is 5.97 Å². The second kappa shape index (κ2) is 2.43. The number of methoxy groups -OCH3 is 1. The molecule has 0 spiro atoms. The second-order valence-electron chi connectivity index (χ2n) is 1.73. The molecule has 54 valence electrons. The highest BCUT2D eigenvalue weighted by atomic mass is 16.5. The van der Waals surface area contributed by atoms with Crippen LogP contribution in [0.4, 0.5) is 0 Å². The van der Waals surface area contributed by atoms with Crippen molar-refractivity contribution in [3.05, 3.63) is 17.8 Å². The number of hydrogen-bond acceptors (Lipinski definition) is 2. The van der Waals surface area contributed by atoms with Crippen molar-refractivity contribution in [2.24, 2.45) is 0 Å². The van der Waals surface area contributed by atoms with E-state index in [1.54, 1.807) is 0 Å². The molecule has 1 heterocycles. The molecule has 1 rings (SSSR count). The van der Waals surface area contributed by atoms with Crippen molar-refractivity contribution in [2.75, 3.05) is 7.11 Å². The summed E-state index contributed by atoms with van der Waals surface area (Å²) >= 11 is 0. The highest BCUT2D eigenvalue weighted by Crippen LogP contribution is 2.13. The third kappa shape index (κ3) is 0.953. The maximum absolute atomic E-state index is 10.3. The van der Waals surface area contributed by atoms with Gasteiger partial charge in [-0.1, -0.05) is 0 Å². The number of aromatic nitrogens is 1. The van der Waals surface area contributed by atoms with E-state index in [1.165, 1.54) is 19.4 Å². The summed E-state index contributed by atoms with van der Waals surface area (Å²) < 4.78 is 4.71. The van der Waals surface area contributed by atoms with Crippen molar-refractivity contribution in [3.63, 3.8) is 0 Å². The highest BCUT2D eigenvalue weighted by Gasteiger charge is 2.09. The van der Waals surface area contributed by atoms with Gasteiger partial charge in [-0.25, -0.2) is 4.79 Å². The lowest BCUT2D eigenvalue weighted by Gasteiger charge is -1.95. The fraction of sp³-hybridized carbons (Fsp3) is 0.167. The molecule has 0 unspecified atom stereocenters. The topological polar surface area (TPSA) is 62.3 Å². The lowest BCUT2D eigenvalue weighted by Crippen LogP contribution is -1.97. The van der Waals surface area contributed by atoms with Gasteiger partial charge in [-0.05, 0) is 6.07 Å². The average Bonchev–Trinajstić information content (AvgIpc) is 2.33. The Bertz CT molecular complexity index is 241. The zero-order chi connectivity index (χ0) is 7.56. The summed E-state index contributed by atoms with van der Waals surface area (Å²) in [6.07, 6.45) is 1.52. The van der Waals surface area contributed by atoms with Crippen LogP contribution < -0.4 is 4.74 Å². The number of hydrogen-bond donors (Lipinski definition) is 2. The van der Waals surface area contributed by atoms with Gasteiger partial charge in [0.1, 0.15) is 5.56 Å². The Labute approximate surface area is 57.4 Å². The Kier molecular flexibility index (Phi) is 1.62. The number of aromatic amines is 1. The zero-order valence-corrected chi connectivity index (χ0v) is 5.42. The van der Waals surface area contributed by atoms with Crippen LogP contribution in [-0.4, -0.2) is 23.2 Å². The van der Waals surface area contributed by atoms with Gasteiger partial charge in [-0.2, -0.15) is 0 Å². The first-order chi connectivity index (χ1) is 4.75. The van der Waals surface area contributed by atoms with Crippen LogP contribution in [0.2, 0.25) is 0 Å². The summed E-state index contributed by atoms with van der Waals surface area (Å²) in [6.45, 7) is 0. The molecule has 4 heteroatoms. The van der Waals surface area contributed by atoms with E-state index < -0.39 is 5.97 Å². The Morgan fingerprint density at radius 3 is 2.90 bits per heavy atom. The number of ether oxygens (including phenoxy) is 1. The van der Waals surface area contributed by atoms with Crippen molar-refractivity contribution in [3.8, 4) is 5.88 Å². The van der Waals surface area contributed by atoms with Crippen LogP contribution in [0.15, 0.2) is 12.3 Å². The smallest absolute Gasteiger partial charge is 0.341 e. The van der Waals surface area contributed by atoms with Crippen molar-refractivity contribution in [2.45, 2.75) is 0 Å². The standard InChI is InChI=1S/C6H7NO3/c1-10-5-4(6(8)9)2-3-7-5/h2-3,7H,1H3,(H,8,9). The maximum atomic E-state index is 10.3. The van der Waals surface area contributed by atoms with Crippen LogP contribution >= 0.6 is 0 Å². The molecule has 0 aliphatic carbocycles. The normalized spacial score (nSPS) is 9.30. The molecular weight excluding hydrogens is 134 g/mol. The first kappa shape index (κ1) is 6.67. The van der Waals surface area contributed by atoms with Gasteiger partial charge < -0.3 is 14.8 Å². The van der Waals surface area contributed by atoms with Crippen molar-refractivity contribution >= 4 is 5.97 Å². The van der Waals surface area contributed by atoms with Crippen LogP contribution in [0.25, 0.3) is 0 Å². The minimum atomic E-state index is -0.988. The predicted octanol–water partition coefficient (Wildman–Crippen LogP) is 0.721. The van der Waals surface area contributed by atoms with E-state index in [0.717, 1.165) is 0 Å². The number of carboxylic acid groups (broad SMARTS) is 1. The van der Waals surface area contributed by atoms with Crippen LogP contribution in [0.5, 0.6) is 5.88 Å². The monoisotopic (exact) mass is 141 g/mol. The van der Waals surface area contributed by atoms with Crippen LogP contribution in [0, 0.1) is 0 Å². The lowest BCUT2D eigenvalue weighted by molar-refractivity contribution is 0.0693. The quantitative estimate of drug-likeness (QED) is 0.637. The van der Waals surface area contributed by atoms with Gasteiger partial charge in [-0.3, -0.25) is 0 Å². The Hall–Kier alpha value is -1.45. The molecule has 10 heavy (non-hydrogen) atoms. The summed E-state index contributed by atoms with van der Waals surface area (Å²) in [4.78, 5) is 13.0. The molecule has 0 saturated heterocycles. The van der Waals surface area contributed by atoms with Crippen LogP contribution in [0.1, 0.15) is 10.4 Å². The maximum Gasteiger partial charge on any atom is 0.341 e. The first-order valence-corrected chi connectivity index (χ1v) is 2.70. The molecule has 0 fully saturated rings. The molecule has 0 aliphatic heterocycles. The molecule has 4 nitrogen and oxygen atoms in total. The molecule has 0 amide bonds. The third-order valence-electron chi connectivity index (χ3n) is 1.14. The number of H-pyrrole nitrogens is 1. The van der Waals surface area contributed by atoms with Gasteiger partial charge in [0.05, 0.1) is 7.11 Å². The molecule has 0 aliphatic rings. The van der Waals surface area contributed by atoms with E-state index in [9.17, 15) is 4.79 Å². The average molecular weight is 141 g/mol. The van der Waals surface area contributed by atoms with Gasteiger partial charge in [0.15, 0.2) is 0 Å². The van der Waals surface area contributed by atoms with E-state index in [2.05, 4.69) is 4.98 Å². The Balaban J connectivity index is 3.01. The van der Waals surface area contributed by atoms with Crippen molar-refractivity contribution in [1.82, 2.24) is 4.98 Å². The number of rotatable bonds is 2. The molecule has 0 bridgehead atoms. The SMILES string of the molecule is COc1[nH]ccc1C(=O)O. The number of carboxylic acids is 1. The van der Waals surface area contributed by atoms with Gasteiger partial charge in [0.25, 0.3) is 0 Å². The fourth-order valence-electron chi connectivity index (χ4n) is 0.691. The lowest BCUT2D eigenvalue weighted by atomic mass is 10.3. The number of carbonyl (C=O) groups is 1. The molecule has 0 radical (unpaired) electrons. The minimum absolute atomic E-state index is 0.155. The van der Waals surface area contributed by atoms with Gasteiger partial charge in [0, 0.05) is 6.20 Å². The van der Waals surface area contributed by atoms with Crippen LogP contribution in [0.3, 0.4) is 0 Å². The summed E-state index contributed by atoms with van der Waals surface area (Å²) in [6, 6.07) is 1.45. The molecule has 1 aromatic heterocycles. The van der Waals surface area contributed by atoms with E-state index in [1.807, 2.05) is 0 Å². The second-order valence-corrected chi connectivity index (χ2v) is 1.73. The van der Waals surface area contributed by atoms with Crippen molar-refractivity contribution < 1.29 is 14.6 Å². The van der Waals surface area contributed by atoms with E-state index in [-0.39, 0.29) is 11.4 Å². The van der Waals surface area contributed by atoms with E-state index >= 15 is 0 Å². The predicted molar refractivity (Wildman–Crippen MR) is 34.3 cm³/mol. The van der Waals surface area contributed by atoms with Crippen molar-refractivity contribution in [1.29, 1.82) is 0 Å². The van der Waals surface area contributed by atoms with E-state index in [4.69, 9.17) is 9.84 Å². The Morgan fingerprint density at radius 2 is 2.50 bits per heavy atom. The molecule has 0 saturated carbocycles. The molecule has 2 N–H and O–H groups in total. The van der Waals surface area contributed by atoms with E-state index in [0.29, 0.717) is 0 Å². The summed E-state index contributed by atoms with van der Waals surface area (Å²) in [7, 11) is 1.41. The summed E-state index contributed by atoms with van der Waals surface area (Å²) in [5, 5.41) is 8.49. The number of aromatic carboxylic acids is 1.